The molecule has 1 rings (SSSR count). The molecule has 3 nitrogen and oxygen atoms in total. The van der Waals surface area contributed by atoms with Gasteiger partial charge in [-0.3, -0.25) is 4.79 Å². The molecule has 0 bridgehead atoms. The number of rotatable bonds is 0. The maximum Gasteiger partial charge on any atom is 0.200 e. The van der Waals surface area contributed by atoms with E-state index in [0.29, 0.717) is 10.2 Å². The second kappa shape index (κ2) is 2.46. The number of carbonyl (C=O) groups is 1. The lowest BCUT2D eigenvalue weighted by Crippen LogP contribution is -2.20. The first-order valence-electron chi connectivity index (χ1n) is 2.68. The zero-order chi connectivity index (χ0) is 7.72. The van der Waals surface area contributed by atoms with Crippen molar-refractivity contribution in [3.63, 3.8) is 0 Å². The van der Waals surface area contributed by atoms with Crippen LogP contribution in [0.5, 0.6) is 0 Å². The van der Waals surface area contributed by atoms with Gasteiger partial charge in [0.05, 0.1) is 11.4 Å². The van der Waals surface area contributed by atoms with Crippen LogP contribution in [-0.4, -0.2) is 17.2 Å². The summed E-state index contributed by atoms with van der Waals surface area (Å²) in [5, 5.41) is 14.3. The summed E-state index contributed by atoms with van der Waals surface area (Å²) in [6.07, 6.45) is 1.41. The van der Waals surface area contributed by atoms with Gasteiger partial charge in [-0.1, -0.05) is 0 Å². The van der Waals surface area contributed by atoms with Crippen LogP contribution in [-0.2, 0) is 4.79 Å². The predicted octanol–water partition coefficient (Wildman–Crippen LogP) is 1.28. The molecule has 0 aliphatic heterocycles. The molecule has 1 aliphatic rings. The number of nitrogens with one attached hydrogen (secondary N) is 2. The van der Waals surface area contributed by atoms with Crippen LogP contribution in [0.3, 0.4) is 0 Å². The lowest BCUT2D eigenvalue weighted by Gasteiger charge is -2.07. The van der Waals surface area contributed by atoms with Crippen molar-refractivity contribution >= 4 is 33.1 Å². The summed E-state index contributed by atoms with van der Waals surface area (Å²) in [6, 6.07) is 0. The lowest BCUT2D eigenvalue weighted by molar-refractivity contribution is -0.109. The third kappa shape index (κ3) is 1.21. The van der Waals surface area contributed by atoms with E-state index in [4.69, 9.17) is 10.8 Å². The Labute approximate surface area is 66.3 Å². The molecule has 0 aromatic carbocycles. The van der Waals surface area contributed by atoms with Crippen LogP contribution in [0.1, 0.15) is 6.42 Å². The maximum atomic E-state index is 10.7. The van der Waals surface area contributed by atoms with Crippen LogP contribution in [0, 0.1) is 10.8 Å². The highest BCUT2D eigenvalue weighted by Gasteiger charge is 2.17. The normalized spacial score (nSPS) is 19.3. The quantitative estimate of drug-likeness (QED) is 0.609. The van der Waals surface area contributed by atoms with Crippen LogP contribution < -0.4 is 0 Å². The minimum absolute atomic E-state index is 0.00630. The Morgan fingerprint density at radius 2 is 2.00 bits per heavy atom. The summed E-state index contributed by atoms with van der Waals surface area (Å²) in [6.45, 7) is 0. The van der Waals surface area contributed by atoms with Crippen molar-refractivity contribution in [2.24, 2.45) is 0 Å². The second-order valence-corrected chi connectivity index (χ2v) is 2.84. The molecular weight excluding hydrogens is 196 g/mol. The lowest BCUT2D eigenvalue weighted by atomic mass is 10.0. The van der Waals surface area contributed by atoms with Crippen molar-refractivity contribution in [2.75, 3.05) is 0 Å². The molecule has 0 radical (unpaired) electrons. The minimum Gasteiger partial charge on any atom is -0.304 e. The molecule has 0 heterocycles. The van der Waals surface area contributed by atoms with Crippen LogP contribution in [0.25, 0.3) is 0 Å². The zero-order valence-corrected chi connectivity index (χ0v) is 6.66. The Morgan fingerprint density at radius 3 is 2.50 bits per heavy atom. The van der Waals surface area contributed by atoms with Gasteiger partial charge in [-0.25, -0.2) is 0 Å². The highest BCUT2D eigenvalue weighted by Crippen LogP contribution is 2.14. The molecule has 0 aromatic rings. The number of hydrogen-bond acceptors (Lipinski definition) is 3. The van der Waals surface area contributed by atoms with Gasteiger partial charge in [0, 0.05) is 17.0 Å². The Balaban J connectivity index is 3.01. The third-order valence-electron chi connectivity index (χ3n) is 1.20. The van der Waals surface area contributed by atoms with Crippen LogP contribution >= 0.6 is 15.9 Å². The Bertz CT molecular complexity index is 254. The first-order chi connectivity index (χ1) is 4.61. The van der Waals surface area contributed by atoms with E-state index >= 15 is 0 Å². The number of carbonyl (C=O) groups excluding carboxylic acids is 1. The van der Waals surface area contributed by atoms with Crippen LogP contribution in [0.4, 0.5) is 0 Å². The van der Waals surface area contributed by atoms with Gasteiger partial charge in [-0.05, 0) is 15.9 Å². The summed E-state index contributed by atoms with van der Waals surface area (Å²) in [4.78, 5) is 10.7. The van der Waals surface area contributed by atoms with Gasteiger partial charge in [0.1, 0.15) is 0 Å². The van der Waals surface area contributed by atoms with Crippen molar-refractivity contribution in [1.29, 1.82) is 10.8 Å². The molecule has 0 aromatic heterocycles. The molecule has 0 saturated heterocycles. The molecule has 0 unspecified atom stereocenters. The Morgan fingerprint density at radius 1 is 1.40 bits per heavy atom. The molecule has 52 valence electrons. The van der Waals surface area contributed by atoms with E-state index in [0.717, 1.165) is 0 Å². The molecule has 0 amide bonds. The molecule has 0 atom stereocenters. The fourth-order valence-electron chi connectivity index (χ4n) is 0.638. The molecule has 2 N–H and O–H groups in total. The van der Waals surface area contributed by atoms with Crippen LogP contribution in [0.15, 0.2) is 10.6 Å². The number of hydrogen-bond donors (Lipinski definition) is 2. The zero-order valence-electron chi connectivity index (χ0n) is 5.07. The average Bonchev–Trinajstić information content (AvgIpc) is 1.84. The van der Waals surface area contributed by atoms with Gasteiger partial charge in [-0.15, -0.1) is 0 Å². The monoisotopic (exact) mass is 200 g/mol. The van der Waals surface area contributed by atoms with E-state index in [2.05, 4.69) is 15.9 Å². The SMILES string of the molecule is N=C1CC(=N)C(Br)=CC1=O. The van der Waals surface area contributed by atoms with Gasteiger partial charge < -0.3 is 10.8 Å². The molecule has 4 heteroatoms. The standard InChI is InChI=1S/C6H5BrN2O/c7-3-1-6(10)5(9)2-4(3)8/h1,8-9H,2H2. The smallest absolute Gasteiger partial charge is 0.200 e. The maximum absolute atomic E-state index is 10.7. The van der Waals surface area contributed by atoms with E-state index < -0.39 is 0 Å². The third-order valence-corrected chi connectivity index (χ3v) is 1.90. The van der Waals surface area contributed by atoms with E-state index in [1.54, 1.807) is 0 Å². The van der Waals surface area contributed by atoms with Crippen molar-refractivity contribution in [3.05, 3.63) is 10.6 Å². The van der Waals surface area contributed by atoms with Crippen molar-refractivity contribution in [3.8, 4) is 0 Å². The van der Waals surface area contributed by atoms with Gasteiger partial charge in [-0.2, -0.15) is 0 Å². The molecule has 0 spiro atoms. The molecular formula is C6H5BrN2O. The highest BCUT2D eigenvalue weighted by molar-refractivity contribution is 9.12. The highest BCUT2D eigenvalue weighted by atomic mass is 79.9. The van der Waals surface area contributed by atoms with E-state index in [-0.39, 0.29) is 17.9 Å². The number of allylic oxidation sites excluding steroid dienone is 2. The summed E-state index contributed by atoms with van der Waals surface area (Å²) in [5.41, 5.74) is 0.290. The van der Waals surface area contributed by atoms with E-state index in [9.17, 15) is 4.79 Å². The molecule has 10 heavy (non-hydrogen) atoms. The summed E-state index contributed by atoms with van der Waals surface area (Å²) >= 11 is 3.04. The van der Waals surface area contributed by atoms with E-state index in [1.165, 1.54) is 6.08 Å². The molecule has 1 aliphatic carbocycles. The number of halogens is 1. The van der Waals surface area contributed by atoms with Gasteiger partial charge in [0.25, 0.3) is 0 Å². The fraction of sp³-hybridized carbons (Fsp3) is 0.167. The van der Waals surface area contributed by atoms with E-state index in [1.807, 2.05) is 0 Å². The van der Waals surface area contributed by atoms with Crippen molar-refractivity contribution in [1.82, 2.24) is 0 Å². The van der Waals surface area contributed by atoms with Crippen molar-refractivity contribution in [2.45, 2.75) is 6.42 Å². The summed E-state index contributed by atoms with van der Waals surface area (Å²) < 4.78 is 0.494. The first kappa shape index (κ1) is 7.34. The molecule has 0 fully saturated rings. The molecule has 0 saturated carbocycles. The Hall–Kier alpha value is -0.770. The topological polar surface area (TPSA) is 64.8 Å². The van der Waals surface area contributed by atoms with Gasteiger partial charge >= 0.3 is 0 Å². The van der Waals surface area contributed by atoms with Gasteiger partial charge in [0.2, 0.25) is 5.78 Å². The summed E-state index contributed by atoms with van der Waals surface area (Å²) in [7, 11) is 0. The number of ketones is 1. The summed E-state index contributed by atoms with van der Waals surface area (Å²) in [5.74, 6) is -0.303. The van der Waals surface area contributed by atoms with Crippen molar-refractivity contribution < 1.29 is 4.79 Å². The minimum atomic E-state index is -0.303. The van der Waals surface area contributed by atoms with Crippen LogP contribution in [0.2, 0.25) is 0 Å². The average molecular weight is 201 g/mol. The first-order valence-corrected chi connectivity index (χ1v) is 3.47. The second-order valence-electron chi connectivity index (χ2n) is 1.99. The van der Waals surface area contributed by atoms with Gasteiger partial charge in [0.15, 0.2) is 0 Å². The predicted molar refractivity (Wildman–Crippen MR) is 42.1 cm³/mol. The largest absolute Gasteiger partial charge is 0.304 e. The fourth-order valence-corrected chi connectivity index (χ4v) is 0.986. The Kier molecular flexibility index (Phi) is 1.80.